The molecule has 0 atom stereocenters. The Morgan fingerprint density at radius 3 is 2.40 bits per heavy atom. The van der Waals surface area contributed by atoms with Crippen molar-refractivity contribution < 1.29 is 13.5 Å². The molecule has 0 unspecified atom stereocenters. The molecule has 4 heteroatoms. The van der Waals surface area contributed by atoms with Gasteiger partial charge in [0, 0.05) is 11.6 Å². The van der Waals surface area contributed by atoms with Crippen LogP contribution in [0.15, 0.2) is 12.1 Å². The van der Waals surface area contributed by atoms with Crippen molar-refractivity contribution >= 4 is 0 Å². The maximum Gasteiger partial charge on any atom is 0.162 e. The Morgan fingerprint density at radius 1 is 1.33 bits per heavy atom. The Kier molecular flexibility index (Phi) is 2.11. The fraction of sp³-hybridized carbons (Fsp3) is 0.364. The van der Waals surface area contributed by atoms with Crippen LogP contribution in [0.3, 0.4) is 0 Å². The highest BCUT2D eigenvalue weighted by molar-refractivity contribution is 5.48. The highest BCUT2D eigenvalue weighted by Crippen LogP contribution is 2.51. The van der Waals surface area contributed by atoms with Crippen LogP contribution >= 0.6 is 0 Å². The predicted molar refractivity (Wildman–Crippen MR) is 49.4 cm³/mol. The van der Waals surface area contributed by atoms with Gasteiger partial charge in [0.05, 0.1) is 18.6 Å². The average molecular weight is 209 g/mol. The third kappa shape index (κ3) is 1.44. The van der Waals surface area contributed by atoms with Crippen LogP contribution in [0.4, 0.5) is 8.78 Å². The van der Waals surface area contributed by atoms with Crippen LogP contribution in [0.25, 0.3) is 0 Å². The van der Waals surface area contributed by atoms with Gasteiger partial charge in [0.1, 0.15) is 5.75 Å². The van der Waals surface area contributed by atoms with Gasteiger partial charge < -0.3 is 4.74 Å². The number of hydrogen-bond acceptors (Lipinski definition) is 2. The van der Waals surface area contributed by atoms with E-state index in [2.05, 4.69) is 6.07 Å². The molecule has 0 radical (unpaired) electrons. The zero-order chi connectivity index (χ0) is 11.1. The molecule has 0 saturated heterocycles. The standard InChI is InChI=1S/C11H9F2NO/c1-15-10-5-9(13)8(12)4-7(10)11(6-14)2-3-11/h4-5H,2-3H2,1H3. The lowest BCUT2D eigenvalue weighted by atomic mass is 9.96. The molecule has 0 bridgehead atoms. The number of nitriles is 1. The van der Waals surface area contributed by atoms with Gasteiger partial charge in [-0.05, 0) is 18.9 Å². The molecule has 0 spiro atoms. The van der Waals surface area contributed by atoms with Crippen molar-refractivity contribution in [2.24, 2.45) is 0 Å². The number of methoxy groups -OCH3 is 1. The maximum atomic E-state index is 13.1. The molecule has 1 aromatic carbocycles. The van der Waals surface area contributed by atoms with E-state index < -0.39 is 17.0 Å². The molecule has 78 valence electrons. The fourth-order valence-electron chi connectivity index (χ4n) is 1.64. The quantitative estimate of drug-likeness (QED) is 0.749. The van der Waals surface area contributed by atoms with Gasteiger partial charge in [-0.3, -0.25) is 0 Å². The minimum atomic E-state index is -0.954. The second kappa shape index (κ2) is 3.20. The van der Waals surface area contributed by atoms with E-state index >= 15 is 0 Å². The van der Waals surface area contributed by atoms with Crippen LogP contribution < -0.4 is 4.74 Å². The molecule has 1 aliphatic rings. The summed E-state index contributed by atoms with van der Waals surface area (Å²) in [7, 11) is 1.38. The summed E-state index contributed by atoms with van der Waals surface area (Å²) in [5.74, 6) is -1.65. The number of rotatable bonds is 2. The largest absolute Gasteiger partial charge is 0.496 e. The van der Waals surface area contributed by atoms with Gasteiger partial charge in [-0.15, -0.1) is 0 Å². The van der Waals surface area contributed by atoms with E-state index in [9.17, 15) is 8.78 Å². The second-order valence-electron chi connectivity index (χ2n) is 3.66. The van der Waals surface area contributed by atoms with Crippen LogP contribution in [-0.4, -0.2) is 7.11 Å². The molecular weight excluding hydrogens is 200 g/mol. The third-order valence-corrected chi connectivity index (χ3v) is 2.72. The molecule has 1 fully saturated rings. The van der Waals surface area contributed by atoms with Crippen molar-refractivity contribution in [1.29, 1.82) is 5.26 Å². The van der Waals surface area contributed by atoms with Gasteiger partial charge in [-0.25, -0.2) is 8.78 Å². The Morgan fingerprint density at radius 2 is 1.93 bits per heavy atom. The van der Waals surface area contributed by atoms with Crippen molar-refractivity contribution in [1.82, 2.24) is 0 Å². The van der Waals surface area contributed by atoms with E-state index in [0.29, 0.717) is 18.4 Å². The first-order valence-electron chi connectivity index (χ1n) is 4.58. The maximum absolute atomic E-state index is 13.1. The van der Waals surface area contributed by atoms with Crippen molar-refractivity contribution in [3.8, 4) is 11.8 Å². The van der Waals surface area contributed by atoms with E-state index in [1.165, 1.54) is 7.11 Å². The number of halogens is 2. The van der Waals surface area contributed by atoms with Gasteiger partial charge in [0.15, 0.2) is 11.6 Å². The zero-order valence-electron chi connectivity index (χ0n) is 8.18. The highest BCUT2D eigenvalue weighted by atomic mass is 19.2. The van der Waals surface area contributed by atoms with Crippen LogP contribution in [0, 0.1) is 23.0 Å². The minimum absolute atomic E-state index is 0.243. The predicted octanol–water partition coefficient (Wildman–Crippen LogP) is 2.53. The van der Waals surface area contributed by atoms with Crippen LogP contribution in [0.5, 0.6) is 5.75 Å². The highest BCUT2D eigenvalue weighted by Gasteiger charge is 2.47. The molecule has 0 aromatic heterocycles. The van der Waals surface area contributed by atoms with Crippen molar-refractivity contribution in [3.63, 3.8) is 0 Å². The van der Waals surface area contributed by atoms with Crippen LogP contribution in [0.1, 0.15) is 18.4 Å². The first-order chi connectivity index (χ1) is 7.13. The monoisotopic (exact) mass is 209 g/mol. The summed E-state index contributed by atoms with van der Waals surface area (Å²) in [4.78, 5) is 0. The first-order valence-corrected chi connectivity index (χ1v) is 4.58. The molecule has 0 N–H and O–H groups in total. The van der Waals surface area contributed by atoms with E-state index in [1.54, 1.807) is 0 Å². The fourth-order valence-corrected chi connectivity index (χ4v) is 1.64. The molecule has 1 aliphatic carbocycles. The molecule has 0 amide bonds. The smallest absolute Gasteiger partial charge is 0.162 e. The normalized spacial score (nSPS) is 16.9. The van der Waals surface area contributed by atoms with Gasteiger partial charge in [-0.2, -0.15) is 5.26 Å². The molecule has 2 rings (SSSR count). The molecule has 2 nitrogen and oxygen atoms in total. The van der Waals surface area contributed by atoms with Gasteiger partial charge >= 0.3 is 0 Å². The number of nitrogens with zero attached hydrogens (tertiary/aromatic N) is 1. The van der Waals surface area contributed by atoms with Crippen molar-refractivity contribution in [2.45, 2.75) is 18.3 Å². The van der Waals surface area contributed by atoms with Crippen molar-refractivity contribution in [3.05, 3.63) is 29.3 Å². The van der Waals surface area contributed by atoms with E-state index in [-0.39, 0.29) is 5.75 Å². The Balaban J connectivity index is 2.56. The molecule has 0 aliphatic heterocycles. The molecule has 15 heavy (non-hydrogen) atoms. The number of benzene rings is 1. The van der Waals surface area contributed by atoms with Crippen LogP contribution in [-0.2, 0) is 5.41 Å². The van der Waals surface area contributed by atoms with Gasteiger partial charge in [-0.1, -0.05) is 0 Å². The number of hydrogen-bond donors (Lipinski definition) is 0. The number of ether oxygens (including phenoxy) is 1. The zero-order valence-corrected chi connectivity index (χ0v) is 8.18. The summed E-state index contributed by atoms with van der Waals surface area (Å²) in [6.45, 7) is 0. The molecule has 1 saturated carbocycles. The molecule has 1 aromatic rings. The van der Waals surface area contributed by atoms with E-state index in [0.717, 1.165) is 12.1 Å². The average Bonchev–Trinajstić information content (AvgIpc) is 3.02. The summed E-state index contributed by atoms with van der Waals surface area (Å²) in [5, 5.41) is 8.97. The summed E-state index contributed by atoms with van der Waals surface area (Å²) in [5.41, 5.74) is -0.216. The van der Waals surface area contributed by atoms with Gasteiger partial charge in [0.2, 0.25) is 0 Å². The summed E-state index contributed by atoms with van der Waals surface area (Å²) >= 11 is 0. The second-order valence-corrected chi connectivity index (χ2v) is 3.66. The SMILES string of the molecule is COc1cc(F)c(F)cc1C1(C#N)CC1. The summed E-state index contributed by atoms with van der Waals surface area (Å²) in [6, 6.07) is 4.17. The Hall–Kier alpha value is -1.63. The first kappa shape index (κ1) is 9.91. The lowest BCUT2D eigenvalue weighted by Gasteiger charge is -2.12. The molecule has 0 heterocycles. The Labute approximate surface area is 86.1 Å². The third-order valence-electron chi connectivity index (χ3n) is 2.72. The lowest BCUT2D eigenvalue weighted by molar-refractivity contribution is 0.398. The van der Waals surface area contributed by atoms with Gasteiger partial charge in [0.25, 0.3) is 0 Å². The van der Waals surface area contributed by atoms with E-state index in [4.69, 9.17) is 10.00 Å². The molecular formula is C11H9F2NO. The summed E-state index contributed by atoms with van der Waals surface area (Å²) < 4.78 is 30.9. The summed E-state index contributed by atoms with van der Waals surface area (Å²) in [6.07, 6.45) is 1.34. The van der Waals surface area contributed by atoms with Crippen molar-refractivity contribution in [2.75, 3.05) is 7.11 Å². The van der Waals surface area contributed by atoms with Crippen LogP contribution in [0.2, 0.25) is 0 Å². The minimum Gasteiger partial charge on any atom is -0.496 e. The lowest BCUT2D eigenvalue weighted by Crippen LogP contribution is -2.07. The topological polar surface area (TPSA) is 33.0 Å². The van der Waals surface area contributed by atoms with E-state index in [1.807, 2.05) is 0 Å². The Bertz CT molecular complexity index is 447.